The molecule has 3 N–H and O–H groups in total. The highest BCUT2D eigenvalue weighted by atomic mass is 16.4. The fraction of sp³-hybridized carbons (Fsp3) is 0.261. The minimum absolute atomic E-state index is 0.0594. The molecule has 2 aliphatic heterocycles. The average molecular weight is 435 g/mol. The van der Waals surface area contributed by atoms with E-state index < -0.39 is 35.6 Å². The van der Waals surface area contributed by atoms with Crippen LogP contribution in [0.15, 0.2) is 42.5 Å². The van der Waals surface area contributed by atoms with E-state index in [2.05, 4.69) is 10.6 Å². The van der Waals surface area contributed by atoms with Crippen molar-refractivity contribution in [1.29, 1.82) is 0 Å². The molecule has 2 aromatic carbocycles. The highest BCUT2D eigenvalue weighted by Gasteiger charge is 2.45. The molecule has 0 bridgehead atoms. The van der Waals surface area contributed by atoms with Crippen LogP contribution in [0.25, 0.3) is 0 Å². The van der Waals surface area contributed by atoms with Crippen molar-refractivity contribution in [3.63, 3.8) is 0 Å². The molecular weight excluding hydrogens is 414 g/mol. The lowest BCUT2D eigenvalue weighted by Gasteiger charge is -2.28. The molecular formula is C23H21N3O6. The molecule has 1 fully saturated rings. The normalized spacial score (nSPS) is 18.9. The number of benzene rings is 2. The van der Waals surface area contributed by atoms with E-state index in [-0.39, 0.29) is 36.4 Å². The van der Waals surface area contributed by atoms with Crippen molar-refractivity contribution in [2.24, 2.45) is 0 Å². The van der Waals surface area contributed by atoms with Gasteiger partial charge in [-0.15, -0.1) is 0 Å². The monoisotopic (exact) mass is 435 g/mol. The van der Waals surface area contributed by atoms with Crippen molar-refractivity contribution >= 4 is 35.3 Å². The number of rotatable bonds is 6. The molecule has 4 amide bonds. The van der Waals surface area contributed by atoms with Gasteiger partial charge in [-0.1, -0.05) is 30.3 Å². The van der Waals surface area contributed by atoms with E-state index in [1.54, 1.807) is 24.3 Å². The summed E-state index contributed by atoms with van der Waals surface area (Å²) in [6, 6.07) is 10.7. The predicted molar refractivity (Wildman–Crippen MR) is 113 cm³/mol. The number of carboxylic acid groups (broad SMARTS) is 1. The second-order valence-electron chi connectivity index (χ2n) is 7.85. The zero-order valence-corrected chi connectivity index (χ0v) is 17.3. The number of nitrogens with zero attached hydrogens (tertiary/aromatic N) is 1. The van der Waals surface area contributed by atoms with Gasteiger partial charge in [0.1, 0.15) is 6.04 Å². The first kappa shape index (κ1) is 21.2. The highest BCUT2D eigenvalue weighted by molar-refractivity contribution is 6.25. The molecule has 2 heterocycles. The summed E-state index contributed by atoms with van der Waals surface area (Å²) in [6.45, 7) is 1.88. The van der Waals surface area contributed by atoms with Crippen LogP contribution in [0.5, 0.6) is 0 Å². The van der Waals surface area contributed by atoms with Gasteiger partial charge in [-0.2, -0.15) is 0 Å². The largest absolute Gasteiger partial charge is 0.481 e. The summed E-state index contributed by atoms with van der Waals surface area (Å²) in [6.07, 6.45) is 0.0862. The molecule has 0 aromatic heterocycles. The van der Waals surface area contributed by atoms with Gasteiger partial charge in [-0.3, -0.25) is 34.2 Å². The Bertz CT molecular complexity index is 1140. The smallest absolute Gasteiger partial charge is 0.307 e. The van der Waals surface area contributed by atoms with Gasteiger partial charge < -0.3 is 10.4 Å². The topological polar surface area (TPSA) is 133 Å². The summed E-state index contributed by atoms with van der Waals surface area (Å²) in [5, 5.41) is 14.3. The van der Waals surface area contributed by atoms with Crippen molar-refractivity contribution in [1.82, 2.24) is 10.2 Å². The molecule has 4 rings (SSSR count). The molecule has 32 heavy (non-hydrogen) atoms. The predicted octanol–water partition coefficient (Wildman–Crippen LogP) is 1.89. The number of carboxylic acids is 1. The van der Waals surface area contributed by atoms with Crippen molar-refractivity contribution < 1.29 is 29.1 Å². The molecule has 9 nitrogen and oxygen atoms in total. The van der Waals surface area contributed by atoms with Gasteiger partial charge in [0, 0.05) is 18.2 Å². The summed E-state index contributed by atoms with van der Waals surface area (Å²) in [5.74, 6) is -3.12. The minimum Gasteiger partial charge on any atom is -0.481 e. The maximum atomic E-state index is 13.2. The van der Waals surface area contributed by atoms with Crippen LogP contribution in [0.3, 0.4) is 0 Å². The van der Waals surface area contributed by atoms with Gasteiger partial charge in [0.05, 0.1) is 17.5 Å². The second kappa shape index (κ2) is 8.26. The summed E-state index contributed by atoms with van der Waals surface area (Å²) in [5.41, 5.74) is 2.40. The van der Waals surface area contributed by atoms with Gasteiger partial charge in [0.2, 0.25) is 11.8 Å². The number of nitrogens with one attached hydrogen (secondary N) is 2. The Kier molecular flexibility index (Phi) is 5.48. The van der Waals surface area contributed by atoms with Crippen molar-refractivity contribution in [3.8, 4) is 0 Å². The zero-order chi connectivity index (χ0) is 23.0. The Hall–Kier alpha value is -4.01. The van der Waals surface area contributed by atoms with E-state index in [9.17, 15) is 24.0 Å². The quantitative estimate of drug-likeness (QED) is 0.590. The summed E-state index contributed by atoms with van der Waals surface area (Å²) in [7, 11) is 0. The van der Waals surface area contributed by atoms with Crippen LogP contribution in [-0.4, -0.2) is 45.6 Å². The first-order chi connectivity index (χ1) is 15.3. The first-order valence-corrected chi connectivity index (χ1v) is 10.2. The van der Waals surface area contributed by atoms with Crippen LogP contribution in [0.1, 0.15) is 57.7 Å². The number of piperidine rings is 1. The van der Waals surface area contributed by atoms with E-state index >= 15 is 0 Å². The van der Waals surface area contributed by atoms with Crippen LogP contribution in [0.4, 0.5) is 5.69 Å². The summed E-state index contributed by atoms with van der Waals surface area (Å²) >= 11 is 0. The summed E-state index contributed by atoms with van der Waals surface area (Å²) in [4.78, 5) is 61.6. The lowest BCUT2D eigenvalue weighted by molar-refractivity contribution is -0.137. The number of fused-ring (bicyclic) bond motifs is 1. The maximum Gasteiger partial charge on any atom is 0.307 e. The van der Waals surface area contributed by atoms with Crippen molar-refractivity contribution in [2.45, 2.75) is 38.3 Å². The number of hydrogen-bond acceptors (Lipinski definition) is 6. The number of carbonyl (C=O) groups excluding carboxylic acids is 4. The first-order valence-electron chi connectivity index (χ1n) is 10.2. The molecule has 2 unspecified atom stereocenters. The van der Waals surface area contributed by atoms with E-state index in [4.69, 9.17) is 5.11 Å². The SMILES string of the molecule is CC(Nc1cccc2c1C(=O)N(C1CCC(=O)NC1=O)C2=O)c1ccc(CC(=O)O)cc1. The minimum atomic E-state index is -1.02. The molecule has 2 atom stereocenters. The molecule has 0 saturated carbocycles. The van der Waals surface area contributed by atoms with Crippen molar-refractivity contribution in [2.75, 3.05) is 5.32 Å². The Labute approximate surface area is 183 Å². The van der Waals surface area contributed by atoms with Gasteiger partial charge in [0.25, 0.3) is 11.8 Å². The molecule has 164 valence electrons. The van der Waals surface area contributed by atoms with E-state index in [1.807, 2.05) is 19.1 Å². The Morgan fingerprint density at radius 2 is 1.84 bits per heavy atom. The number of imide groups is 2. The molecule has 2 aromatic rings. The molecule has 2 aliphatic rings. The third-order valence-electron chi connectivity index (χ3n) is 5.68. The maximum absolute atomic E-state index is 13.2. The van der Waals surface area contributed by atoms with Gasteiger partial charge in [-0.25, -0.2) is 0 Å². The number of carbonyl (C=O) groups is 5. The zero-order valence-electron chi connectivity index (χ0n) is 17.3. The molecule has 0 aliphatic carbocycles. The van der Waals surface area contributed by atoms with Gasteiger partial charge >= 0.3 is 5.97 Å². The van der Waals surface area contributed by atoms with Crippen LogP contribution < -0.4 is 10.6 Å². The lowest BCUT2D eigenvalue weighted by Crippen LogP contribution is -2.54. The number of hydrogen-bond donors (Lipinski definition) is 3. The number of aliphatic carboxylic acids is 1. The standard InChI is InChI=1S/C23H21N3O6/c1-12(14-7-5-13(6-8-14)11-19(28)29)24-16-4-2-3-15-20(16)23(32)26(22(15)31)17-9-10-18(27)25-21(17)30/h2-8,12,17,24H,9-11H2,1H3,(H,28,29)(H,25,27,30). The van der Waals surface area contributed by atoms with Crippen LogP contribution in [0, 0.1) is 0 Å². The van der Waals surface area contributed by atoms with E-state index in [1.165, 1.54) is 6.07 Å². The third kappa shape index (κ3) is 3.84. The molecule has 9 heteroatoms. The third-order valence-corrected chi connectivity index (χ3v) is 5.68. The van der Waals surface area contributed by atoms with Crippen LogP contribution in [-0.2, 0) is 20.8 Å². The van der Waals surface area contributed by atoms with E-state index in [0.29, 0.717) is 11.3 Å². The Balaban J connectivity index is 1.57. The fourth-order valence-electron chi connectivity index (χ4n) is 4.05. The summed E-state index contributed by atoms with van der Waals surface area (Å²) < 4.78 is 0. The number of anilines is 1. The number of amides is 4. The van der Waals surface area contributed by atoms with Crippen LogP contribution in [0.2, 0.25) is 0 Å². The molecule has 0 radical (unpaired) electrons. The molecule has 1 saturated heterocycles. The van der Waals surface area contributed by atoms with Gasteiger partial charge in [0.15, 0.2) is 0 Å². The Morgan fingerprint density at radius 3 is 2.50 bits per heavy atom. The average Bonchev–Trinajstić information content (AvgIpc) is 2.99. The van der Waals surface area contributed by atoms with E-state index in [0.717, 1.165) is 10.5 Å². The van der Waals surface area contributed by atoms with Gasteiger partial charge in [-0.05, 0) is 36.6 Å². The lowest BCUT2D eigenvalue weighted by atomic mass is 10.0. The van der Waals surface area contributed by atoms with Crippen LogP contribution >= 0.6 is 0 Å². The Morgan fingerprint density at radius 1 is 1.12 bits per heavy atom. The second-order valence-corrected chi connectivity index (χ2v) is 7.85. The molecule has 0 spiro atoms. The highest BCUT2D eigenvalue weighted by Crippen LogP contribution is 2.34. The fourth-order valence-corrected chi connectivity index (χ4v) is 4.05. The van der Waals surface area contributed by atoms with Crippen molar-refractivity contribution in [3.05, 3.63) is 64.7 Å².